The third-order valence-corrected chi connectivity index (χ3v) is 5.82. The van der Waals surface area contributed by atoms with E-state index >= 15 is 0 Å². The molecule has 1 saturated heterocycles. The fraction of sp³-hybridized carbons (Fsp3) is 0.381. The van der Waals surface area contributed by atoms with Gasteiger partial charge in [-0.05, 0) is 43.7 Å². The van der Waals surface area contributed by atoms with Gasteiger partial charge in [-0.15, -0.1) is 0 Å². The Hall–Kier alpha value is -2.64. The predicted molar refractivity (Wildman–Crippen MR) is 115 cm³/mol. The number of anilines is 1. The zero-order valence-corrected chi connectivity index (χ0v) is 17.5. The topological polar surface area (TPSA) is 66.3 Å². The lowest BCUT2D eigenvalue weighted by Gasteiger charge is -2.34. The van der Waals surface area contributed by atoms with Crippen molar-refractivity contribution in [3.63, 3.8) is 0 Å². The van der Waals surface area contributed by atoms with Crippen molar-refractivity contribution in [3.8, 4) is 0 Å². The van der Waals surface area contributed by atoms with E-state index in [0.717, 1.165) is 54.4 Å². The SMILES string of the molecule is Cc1ccc(NC(=O)N2CCN(CCn3c(C)nc4cccnc43)CC2)cc1Cl. The lowest BCUT2D eigenvalue weighted by molar-refractivity contribution is 0.144. The van der Waals surface area contributed by atoms with Gasteiger partial charge in [0.05, 0.1) is 0 Å². The van der Waals surface area contributed by atoms with E-state index in [4.69, 9.17) is 11.6 Å². The number of amides is 2. The van der Waals surface area contributed by atoms with Crippen LogP contribution in [0.15, 0.2) is 36.5 Å². The molecule has 1 fully saturated rings. The van der Waals surface area contributed by atoms with Gasteiger partial charge in [-0.1, -0.05) is 17.7 Å². The fourth-order valence-corrected chi connectivity index (χ4v) is 3.81. The average molecular weight is 413 g/mol. The third kappa shape index (κ3) is 4.36. The van der Waals surface area contributed by atoms with Crippen molar-refractivity contribution in [2.45, 2.75) is 20.4 Å². The highest BCUT2D eigenvalue weighted by molar-refractivity contribution is 6.31. The van der Waals surface area contributed by atoms with Gasteiger partial charge in [-0.2, -0.15) is 0 Å². The number of halogens is 1. The third-order valence-electron chi connectivity index (χ3n) is 5.42. The van der Waals surface area contributed by atoms with Gasteiger partial charge in [0.15, 0.2) is 5.65 Å². The molecular weight excluding hydrogens is 388 g/mol. The Morgan fingerprint density at radius 2 is 1.93 bits per heavy atom. The van der Waals surface area contributed by atoms with E-state index in [2.05, 4.69) is 24.8 Å². The van der Waals surface area contributed by atoms with Crippen LogP contribution in [-0.4, -0.2) is 63.1 Å². The summed E-state index contributed by atoms with van der Waals surface area (Å²) >= 11 is 6.14. The molecule has 0 atom stereocenters. The summed E-state index contributed by atoms with van der Waals surface area (Å²) in [4.78, 5) is 25.8. The minimum Gasteiger partial charge on any atom is -0.322 e. The maximum atomic E-state index is 12.5. The fourth-order valence-electron chi connectivity index (χ4n) is 3.63. The number of rotatable bonds is 4. The predicted octanol–water partition coefficient (Wildman–Crippen LogP) is 3.55. The van der Waals surface area contributed by atoms with Gasteiger partial charge in [0, 0.05) is 56.2 Å². The van der Waals surface area contributed by atoms with Gasteiger partial charge >= 0.3 is 6.03 Å². The van der Waals surface area contributed by atoms with E-state index < -0.39 is 0 Å². The molecule has 0 aliphatic carbocycles. The molecule has 0 unspecified atom stereocenters. The van der Waals surface area contributed by atoms with E-state index in [1.165, 1.54) is 0 Å². The number of fused-ring (bicyclic) bond motifs is 1. The summed E-state index contributed by atoms with van der Waals surface area (Å²) in [6.07, 6.45) is 1.80. The first kappa shape index (κ1) is 19.7. The molecule has 0 radical (unpaired) electrons. The Bertz CT molecular complexity index is 1030. The Kier molecular flexibility index (Phi) is 5.69. The molecule has 29 heavy (non-hydrogen) atoms. The summed E-state index contributed by atoms with van der Waals surface area (Å²) in [7, 11) is 0. The van der Waals surface area contributed by atoms with Crippen molar-refractivity contribution in [2.24, 2.45) is 0 Å². The molecule has 2 aromatic heterocycles. The summed E-state index contributed by atoms with van der Waals surface area (Å²) in [5, 5.41) is 3.60. The number of benzene rings is 1. The minimum absolute atomic E-state index is 0.0785. The maximum Gasteiger partial charge on any atom is 0.321 e. The molecule has 4 rings (SSSR count). The second kappa shape index (κ2) is 8.39. The molecule has 152 valence electrons. The molecular formula is C21H25ClN6O. The number of nitrogens with one attached hydrogen (secondary N) is 1. The second-order valence-electron chi connectivity index (χ2n) is 7.38. The second-order valence-corrected chi connectivity index (χ2v) is 7.79. The van der Waals surface area contributed by atoms with Crippen LogP contribution >= 0.6 is 11.6 Å². The first-order valence-corrected chi connectivity index (χ1v) is 10.2. The van der Waals surface area contributed by atoms with Crippen LogP contribution in [0.4, 0.5) is 10.5 Å². The van der Waals surface area contributed by atoms with Gasteiger partial charge in [-0.3, -0.25) is 4.90 Å². The van der Waals surface area contributed by atoms with Crippen LogP contribution < -0.4 is 5.32 Å². The molecule has 1 aliphatic rings. The number of carbonyl (C=O) groups excluding carboxylic acids is 1. The van der Waals surface area contributed by atoms with E-state index in [0.29, 0.717) is 18.1 Å². The maximum absolute atomic E-state index is 12.5. The smallest absolute Gasteiger partial charge is 0.321 e. The van der Waals surface area contributed by atoms with Crippen molar-refractivity contribution in [3.05, 3.63) is 52.9 Å². The summed E-state index contributed by atoms with van der Waals surface area (Å²) in [5.74, 6) is 0.980. The first-order chi connectivity index (χ1) is 14.0. The number of hydrogen-bond acceptors (Lipinski definition) is 4. The number of urea groups is 1. The molecule has 1 N–H and O–H groups in total. The van der Waals surface area contributed by atoms with E-state index in [-0.39, 0.29) is 6.03 Å². The lowest BCUT2D eigenvalue weighted by Crippen LogP contribution is -2.50. The molecule has 0 saturated carbocycles. The highest BCUT2D eigenvalue weighted by atomic mass is 35.5. The number of nitrogens with zero attached hydrogens (tertiary/aromatic N) is 5. The number of carbonyl (C=O) groups is 1. The van der Waals surface area contributed by atoms with E-state index in [1.54, 1.807) is 12.3 Å². The van der Waals surface area contributed by atoms with E-state index in [9.17, 15) is 4.79 Å². The first-order valence-electron chi connectivity index (χ1n) is 9.83. The van der Waals surface area contributed by atoms with Crippen molar-refractivity contribution in [1.29, 1.82) is 0 Å². The van der Waals surface area contributed by atoms with Gasteiger partial charge in [0.25, 0.3) is 0 Å². The van der Waals surface area contributed by atoms with Crippen molar-refractivity contribution < 1.29 is 4.79 Å². The molecule has 3 aromatic rings. The minimum atomic E-state index is -0.0785. The zero-order chi connectivity index (χ0) is 20.4. The Morgan fingerprint density at radius 3 is 2.69 bits per heavy atom. The zero-order valence-electron chi connectivity index (χ0n) is 16.7. The highest BCUT2D eigenvalue weighted by Gasteiger charge is 2.21. The molecule has 0 bridgehead atoms. The monoisotopic (exact) mass is 412 g/mol. The number of aryl methyl sites for hydroxylation is 2. The van der Waals surface area contributed by atoms with Crippen LogP contribution in [0.2, 0.25) is 5.02 Å². The summed E-state index contributed by atoms with van der Waals surface area (Å²) in [6, 6.07) is 9.40. The standard InChI is InChI=1S/C21H25ClN6O/c1-15-5-6-17(14-18(15)22)25-21(29)27-11-8-26(9-12-27)10-13-28-16(2)24-19-4-3-7-23-20(19)28/h3-7,14H,8-13H2,1-2H3,(H,25,29). The van der Waals surface area contributed by atoms with Gasteiger partial charge in [0.1, 0.15) is 11.3 Å². The van der Waals surface area contributed by atoms with Crippen LogP contribution in [0.1, 0.15) is 11.4 Å². The molecule has 7 nitrogen and oxygen atoms in total. The highest BCUT2D eigenvalue weighted by Crippen LogP contribution is 2.20. The van der Waals surface area contributed by atoms with Gasteiger partial charge in [0.2, 0.25) is 0 Å². The molecule has 1 aromatic carbocycles. The Labute approximate surface area is 175 Å². The van der Waals surface area contributed by atoms with Crippen molar-refractivity contribution in [2.75, 3.05) is 38.0 Å². The average Bonchev–Trinajstić information content (AvgIpc) is 3.04. The van der Waals surface area contributed by atoms with Crippen LogP contribution in [-0.2, 0) is 6.54 Å². The van der Waals surface area contributed by atoms with Crippen molar-refractivity contribution in [1.82, 2.24) is 24.3 Å². The lowest BCUT2D eigenvalue weighted by atomic mass is 10.2. The summed E-state index contributed by atoms with van der Waals surface area (Å²) in [5.41, 5.74) is 3.58. The van der Waals surface area contributed by atoms with Crippen LogP contribution in [0.5, 0.6) is 0 Å². The Balaban J connectivity index is 1.29. The number of hydrogen-bond donors (Lipinski definition) is 1. The largest absolute Gasteiger partial charge is 0.322 e. The Morgan fingerprint density at radius 1 is 1.14 bits per heavy atom. The molecule has 3 heterocycles. The van der Waals surface area contributed by atoms with Gasteiger partial charge in [-0.25, -0.2) is 14.8 Å². The number of imidazole rings is 1. The quantitative estimate of drug-likeness (QED) is 0.711. The molecule has 1 aliphatic heterocycles. The van der Waals surface area contributed by atoms with E-state index in [1.807, 2.05) is 43.0 Å². The molecule has 2 amide bonds. The van der Waals surface area contributed by atoms with Crippen LogP contribution in [0, 0.1) is 13.8 Å². The molecule has 0 spiro atoms. The number of pyridine rings is 1. The number of aromatic nitrogens is 3. The summed E-state index contributed by atoms with van der Waals surface area (Å²) in [6.45, 7) is 8.81. The van der Waals surface area contributed by atoms with Crippen LogP contribution in [0.25, 0.3) is 11.2 Å². The van der Waals surface area contributed by atoms with Gasteiger partial charge < -0.3 is 14.8 Å². The van der Waals surface area contributed by atoms with Crippen molar-refractivity contribution >= 4 is 34.5 Å². The normalized spacial score (nSPS) is 15.1. The number of piperazine rings is 1. The van der Waals surface area contributed by atoms with Crippen LogP contribution in [0.3, 0.4) is 0 Å². The summed E-state index contributed by atoms with van der Waals surface area (Å²) < 4.78 is 2.16. The molecule has 8 heteroatoms.